The largest absolute Gasteiger partial charge is 0.726 e. The fourth-order valence-corrected chi connectivity index (χ4v) is 6.28. The number of quaternary nitrogens is 1. The van der Waals surface area contributed by atoms with Crippen LogP contribution in [0.4, 0.5) is 0 Å². The molecule has 0 saturated carbocycles. The summed E-state index contributed by atoms with van der Waals surface area (Å²) in [6.07, 6.45) is 32.3. The highest BCUT2D eigenvalue weighted by Crippen LogP contribution is 2.16. The van der Waals surface area contributed by atoms with E-state index in [0.717, 1.165) is 32.8 Å². The van der Waals surface area contributed by atoms with Crippen molar-refractivity contribution in [3.63, 3.8) is 0 Å². The fourth-order valence-electron chi connectivity index (χ4n) is 6.28. The Labute approximate surface area is 314 Å². The van der Waals surface area contributed by atoms with E-state index in [1.807, 2.05) is 13.8 Å². The lowest BCUT2D eigenvalue weighted by molar-refractivity contribution is -0.759. The van der Waals surface area contributed by atoms with Crippen LogP contribution < -0.4 is 5.32 Å². The monoisotopic (exact) mass is 752 g/mol. The molecule has 0 rings (SSSR count). The third-order valence-corrected chi connectivity index (χ3v) is 9.80. The zero-order chi connectivity index (χ0) is 38.6. The summed E-state index contributed by atoms with van der Waals surface area (Å²) in [4.78, 5) is 25.1. The maximum atomic E-state index is 12.5. The number of esters is 2. The van der Waals surface area contributed by atoms with Crippen molar-refractivity contribution in [2.45, 2.75) is 239 Å². The van der Waals surface area contributed by atoms with Crippen molar-refractivity contribution < 1.29 is 46.6 Å². The average Bonchev–Trinajstić information content (AvgIpc) is 3.07. The maximum absolute atomic E-state index is 12.5. The van der Waals surface area contributed by atoms with E-state index in [4.69, 9.17) is 9.47 Å². The molecule has 10 nitrogen and oxygen atoms in total. The van der Waals surface area contributed by atoms with E-state index in [-0.39, 0.29) is 18.0 Å². The number of rotatable bonds is 35. The molecule has 11 heteroatoms. The van der Waals surface area contributed by atoms with E-state index in [9.17, 15) is 27.7 Å². The molecule has 3 N–H and O–H groups in total. The van der Waals surface area contributed by atoms with Gasteiger partial charge in [0.25, 0.3) is 0 Å². The van der Waals surface area contributed by atoms with Crippen molar-refractivity contribution in [3.05, 3.63) is 0 Å². The summed E-state index contributed by atoms with van der Waals surface area (Å²) in [5, 5.41) is 11.8. The first-order valence-electron chi connectivity index (χ1n) is 20.8. The van der Waals surface area contributed by atoms with E-state index >= 15 is 0 Å². The molecule has 0 aromatic carbocycles. The molecular formula is C40H81NO9S. The highest BCUT2D eigenvalue weighted by Gasteiger charge is 2.33. The molecule has 0 heterocycles. The van der Waals surface area contributed by atoms with Crippen molar-refractivity contribution in [2.24, 2.45) is 0 Å². The zero-order valence-corrected chi connectivity index (χ0v) is 34.6. The SMILES string of the molecule is CCCCCCCCCCCCCCCC(=O)OC(C)C([NH2+]C(C)O)C(C)OC(=O)CCCCCCCCCCCCCCC.COS(=O)(=O)[O-]. The maximum Gasteiger partial charge on any atom is 0.306 e. The van der Waals surface area contributed by atoms with Gasteiger partial charge >= 0.3 is 11.9 Å². The van der Waals surface area contributed by atoms with Crippen LogP contribution in [0.25, 0.3) is 0 Å². The number of unbranched alkanes of at least 4 members (excludes halogenated alkanes) is 24. The Morgan fingerprint density at radius 1 is 0.549 bits per heavy atom. The van der Waals surface area contributed by atoms with Gasteiger partial charge in [-0.2, -0.15) is 0 Å². The van der Waals surface area contributed by atoms with Crippen LogP contribution in [-0.4, -0.2) is 61.6 Å². The number of nitrogens with two attached hydrogens (primary N) is 1. The highest BCUT2D eigenvalue weighted by molar-refractivity contribution is 7.80. The van der Waals surface area contributed by atoms with Gasteiger partial charge in [0.1, 0.15) is 0 Å². The van der Waals surface area contributed by atoms with Gasteiger partial charge in [-0.25, -0.2) is 8.42 Å². The zero-order valence-electron chi connectivity index (χ0n) is 33.8. The number of aliphatic hydroxyl groups is 1. The predicted octanol–water partition coefficient (Wildman–Crippen LogP) is 9.18. The second kappa shape index (κ2) is 37.1. The Morgan fingerprint density at radius 3 is 1.00 bits per heavy atom. The molecule has 3 unspecified atom stereocenters. The minimum absolute atomic E-state index is 0.208. The number of carbonyl (C=O) groups is 2. The van der Waals surface area contributed by atoms with Crippen LogP contribution in [0.2, 0.25) is 0 Å². The Morgan fingerprint density at radius 2 is 0.784 bits per heavy atom. The summed E-state index contributed by atoms with van der Waals surface area (Å²) >= 11 is 0. The third-order valence-electron chi connectivity index (χ3n) is 9.39. The molecule has 0 aliphatic heterocycles. The van der Waals surface area contributed by atoms with Crippen LogP contribution in [-0.2, 0) is 33.6 Å². The van der Waals surface area contributed by atoms with Crippen molar-refractivity contribution in [1.29, 1.82) is 0 Å². The molecule has 0 aliphatic rings. The topological polar surface area (TPSA) is 156 Å². The van der Waals surface area contributed by atoms with Gasteiger partial charge in [0.2, 0.25) is 10.4 Å². The number of hydrogen-bond acceptors (Lipinski definition) is 9. The quantitative estimate of drug-likeness (QED) is 0.0212. The van der Waals surface area contributed by atoms with Gasteiger partial charge in [-0.15, -0.1) is 0 Å². The lowest BCUT2D eigenvalue weighted by Gasteiger charge is -2.28. The molecule has 0 bridgehead atoms. The number of hydrogen-bond donors (Lipinski definition) is 2. The van der Waals surface area contributed by atoms with E-state index in [1.54, 1.807) is 12.2 Å². The first-order chi connectivity index (χ1) is 24.4. The molecule has 3 atom stereocenters. The van der Waals surface area contributed by atoms with Crippen molar-refractivity contribution in [2.75, 3.05) is 7.11 Å². The van der Waals surface area contributed by atoms with Gasteiger partial charge in [0.05, 0.1) is 7.11 Å². The third kappa shape index (κ3) is 39.8. The van der Waals surface area contributed by atoms with Crippen molar-refractivity contribution >= 4 is 22.3 Å². The minimum Gasteiger partial charge on any atom is -0.726 e. The van der Waals surface area contributed by atoms with Crippen LogP contribution in [0.15, 0.2) is 0 Å². The van der Waals surface area contributed by atoms with Crippen LogP contribution >= 0.6 is 0 Å². The number of aliphatic hydroxyl groups excluding tert-OH is 1. The van der Waals surface area contributed by atoms with Crippen molar-refractivity contribution in [3.8, 4) is 0 Å². The summed E-state index contributed by atoms with van der Waals surface area (Å²) in [5.41, 5.74) is 0. The first kappa shape index (κ1) is 51.8. The van der Waals surface area contributed by atoms with Crippen molar-refractivity contribution in [1.82, 2.24) is 0 Å². The highest BCUT2D eigenvalue weighted by atomic mass is 32.3. The summed E-state index contributed by atoms with van der Waals surface area (Å²) in [5.74, 6) is -0.417. The van der Waals surface area contributed by atoms with E-state index in [2.05, 4.69) is 18.0 Å². The molecule has 51 heavy (non-hydrogen) atoms. The summed E-state index contributed by atoms with van der Waals surface area (Å²) in [6.45, 7) is 9.88. The van der Waals surface area contributed by atoms with E-state index in [0.29, 0.717) is 12.8 Å². The van der Waals surface area contributed by atoms with Gasteiger partial charge in [-0.1, -0.05) is 168 Å². The fraction of sp³-hybridized carbons (Fsp3) is 0.950. The second-order valence-corrected chi connectivity index (χ2v) is 15.6. The molecule has 0 saturated heterocycles. The van der Waals surface area contributed by atoms with Gasteiger partial charge < -0.3 is 24.4 Å². The van der Waals surface area contributed by atoms with Gasteiger partial charge in [-0.05, 0) is 26.7 Å². The summed E-state index contributed by atoms with van der Waals surface area (Å²) in [6, 6.07) is -0.351. The van der Waals surface area contributed by atoms with Crippen LogP contribution in [0, 0.1) is 0 Å². The standard InChI is InChI=1S/C39H77NO5.CH4O4S/c1-6-8-10-12-14-16-18-20-22-24-26-28-30-32-37(42)44-34(3)39(40-36(5)41)35(4)45-38(43)33-31-29-27-25-23-21-19-17-15-13-11-9-7-2;1-5-6(2,3)4/h34-36,39-41H,6-33H2,1-5H3;1H3,(H,2,3,4). The summed E-state index contributed by atoms with van der Waals surface area (Å²) < 4.78 is 42.5. The molecule has 0 aromatic heterocycles. The predicted molar refractivity (Wildman–Crippen MR) is 206 cm³/mol. The lowest BCUT2D eigenvalue weighted by Crippen LogP contribution is -2.98. The minimum atomic E-state index is -4.41. The number of carbonyl (C=O) groups excluding carboxylic acids is 2. The normalized spacial score (nSPS) is 13.9. The second-order valence-electron chi connectivity index (χ2n) is 14.5. The molecular weight excluding hydrogens is 671 g/mol. The smallest absolute Gasteiger partial charge is 0.306 e. The molecule has 0 aromatic rings. The van der Waals surface area contributed by atoms with Crippen LogP contribution in [0.5, 0.6) is 0 Å². The van der Waals surface area contributed by atoms with Gasteiger partial charge in [0, 0.05) is 19.8 Å². The van der Waals surface area contributed by atoms with Gasteiger partial charge in [0.15, 0.2) is 24.5 Å². The molecule has 0 fully saturated rings. The van der Waals surface area contributed by atoms with Gasteiger partial charge in [-0.3, -0.25) is 13.8 Å². The molecule has 0 radical (unpaired) electrons. The van der Waals surface area contributed by atoms with Crippen LogP contribution in [0.3, 0.4) is 0 Å². The van der Waals surface area contributed by atoms with E-state index in [1.165, 1.54) is 141 Å². The average molecular weight is 752 g/mol. The molecule has 0 aliphatic carbocycles. The summed E-state index contributed by atoms with van der Waals surface area (Å²) in [7, 11) is -3.60. The van der Waals surface area contributed by atoms with Crippen LogP contribution in [0.1, 0.15) is 214 Å². The Kier molecular flexibility index (Phi) is 37.7. The Balaban J connectivity index is 0. The number of ether oxygens (including phenoxy) is 2. The Bertz CT molecular complexity index is 835. The molecule has 0 spiro atoms. The van der Waals surface area contributed by atoms with E-state index < -0.39 is 28.8 Å². The first-order valence-corrected chi connectivity index (χ1v) is 22.1. The lowest BCUT2D eigenvalue weighted by atomic mass is 10.0. The Hall–Kier alpha value is -1.27. The molecule has 0 amide bonds. The molecule has 306 valence electrons.